The summed E-state index contributed by atoms with van der Waals surface area (Å²) in [6.45, 7) is 9.09. The molecule has 0 radical (unpaired) electrons. The Hall–Kier alpha value is -0.0300. The first-order valence-corrected chi connectivity index (χ1v) is 9.15. The molecule has 1 heterocycles. The number of hydrogen-bond donors (Lipinski definition) is 1. The Kier molecular flexibility index (Phi) is 5.96. The third-order valence-corrected chi connectivity index (χ3v) is 5.69. The summed E-state index contributed by atoms with van der Waals surface area (Å²) in [5, 5.41) is 1.36. The molecule has 4 atom stereocenters. The van der Waals surface area contributed by atoms with Gasteiger partial charge in [0.05, 0.1) is 0 Å². The fraction of sp³-hybridized carbons (Fsp3) is 0.625. The number of benzene rings is 1. The van der Waals surface area contributed by atoms with E-state index in [0.29, 0.717) is 16.5 Å². The number of halogens is 1. The predicted octanol–water partition coefficient (Wildman–Crippen LogP) is 4.05. The monoisotopic (exact) mass is 356 g/mol. The van der Waals surface area contributed by atoms with Crippen LogP contribution < -0.4 is 5.73 Å². The zero-order chi connectivity index (χ0) is 14.7. The number of thioether (sulfide) groups is 1. The van der Waals surface area contributed by atoms with Crippen LogP contribution in [-0.2, 0) is 0 Å². The summed E-state index contributed by atoms with van der Waals surface area (Å²) in [5.41, 5.74) is 7.79. The molecule has 0 amide bonds. The van der Waals surface area contributed by atoms with E-state index >= 15 is 0 Å². The van der Waals surface area contributed by atoms with Crippen LogP contribution in [-0.4, -0.2) is 34.5 Å². The maximum absolute atomic E-state index is 6.45. The van der Waals surface area contributed by atoms with Crippen molar-refractivity contribution in [2.45, 2.75) is 49.8 Å². The largest absolute Gasteiger partial charge is 0.326 e. The lowest BCUT2D eigenvalue weighted by molar-refractivity contribution is 0.167. The highest BCUT2D eigenvalue weighted by Gasteiger charge is 2.31. The Bertz CT molecular complexity index is 413. The van der Waals surface area contributed by atoms with Crippen molar-refractivity contribution in [3.63, 3.8) is 0 Å². The molecule has 1 aliphatic rings. The Morgan fingerprint density at radius 1 is 1.25 bits per heavy atom. The number of hydrogen-bond acceptors (Lipinski definition) is 3. The summed E-state index contributed by atoms with van der Waals surface area (Å²) >= 11 is 5.60. The van der Waals surface area contributed by atoms with Gasteiger partial charge in [-0.25, -0.2) is 0 Å². The van der Waals surface area contributed by atoms with Crippen LogP contribution in [0.15, 0.2) is 28.7 Å². The van der Waals surface area contributed by atoms with Gasteiger partial charge in [0.1, 0.15) is 0 Å². The van der Waals surface area contributed by atoms with E-state index in [1.54, 1.807) is 0 Å². The molecule has 2 N–H and O–H groups in total. The van der Waals surface area contributed by atoms with Gasteiger partial charge in [-0.1, -0.05) is 48.8 Å². The molecule has 2 rings (SSSR count). The van der Waals surface area contributed by atoms with E-state index in [-0.39, 0.29) is 6.04 Å². The van der Waals surface area contributed by atoms with Crippen molar-refractivity contribution in [3.8, 4) is 0 Å². The standard InChI is InChI=1S/C16H25BrN2S/c1-4-15(18)16(13-5-7-14(17)8-6-13)19-9-11(2)20-12(3)10-19/h5-8,11-12,15-16H,4,9-10,18H2,1-3H3. The van der Waals surface area contributed by atoms with E-state index in [9.17, 15) is 0 Å². The molecule has 1 saturated heterocycles. The zero-order valence-corrected chi connectivity index (χ0v) is 15.0. The molecule has 1 aliphatic heterocycles. The van der Waals surface area contributed by atoms with Crippen LogP contribution >= 0.6 is 27.7 Å². The molecule has 2 nitrogen and oxygen atoms in total. The van der Waals surface area contributed by atoms with Gasteiger partial charge < -0.3 is 5.73 Å². The lowest BCUT2D eigenvalue weighted by Gasteiger charge is -2.42. The number of rotatable bonds is 4. The summed E-state index contributed by atoms with van der Waals surface area (Å²) in [6.07, 6.45) is 1.01. The van der Waals surface area contributed by atoms with E-state index in [0.717, 1.165) is 24.0 Å². The normalized spacial score (nSPS) is 27.2. The summed E-state index contributed by atoms with van der Waals surface area (Å²) in [5.74, 6) is 0. The van der Waals surface area contributed by atoms with Gasteiger partial charge in [0.2, 0.25) is 0 Å². The maximum Gasteiger partial charge on any atom is 0.0499 e. The van der Waals surface area contributed by atoms with E-state index in [1.165, 1.54) is 5.56 Å². The summed E-state index contributed by atoms with van der Waals surface area (Å²) in [6, 6.07) is 9.19. The van der Waals surface area contributed by atoms with Gasteiger partial charge in [0.15, 0.2) is 0 Å². The molecule has 1 fully saturated rings. The van der Waals surface area contributed by atoms with Crippen molar-refractivity contribution in [1.82, 2.24) is 4.90 Å². The quantitative estimate of drug-likeness (QED) is 0.881. The fourth-order valence-corrected chi connectivity index (χ4v) is 4.67. The molecular weight excluding hydrogens is 332 g/mol. The van der Waals surface area contributed by atoms with Crippen molar-refractivity contribution >= 4 is 27.7 Å². The van der Waals surface area contributed by atoms with Crippen LogP contribution in [0.1, 0.15) is 38.8 Å². The van der Waals surface area contributed by atoms with Crippen LogP contribution in [0.2, 0.25) is 0 Å². The first kappa shape index (κ1) is 16.3. The van der Waals surface area contributed by atoms with Crippen LogP contribution in [0.5, 0.6) is 0 Å². The Labute approximate surface area is 135 Å². The highest BCUT2D eigenvalue weighted by atomic mass is 79.9. The zero-order valence-electron chi connectivity index (χ0n) is 12.6. The minimum atomic E-state index is 0.193. The number of nitrogens with two attached hydrogens (primary N) is 1. The summed E-state index contributed by atoms with van der Waals surface area (Å²) in [7, 11) is 0. The van der Waals surface area contributed by atoms with E-state index in [4.69, 9.17) is 5.73 Å². The molecule has 4 heteroatoms. The third-order valence-electron chi connectivity index (χ3n) is 3.93. The van der Waals surface area contributed by atoms with Gasteiger partial charge in [-0.3, -0.25) is 4.90 Å². The maximum atomic E-state index is 6.45. The Morgan fingerprint density at radius 2 is 1.80 bits per heavy atom. The van der Waals surface area contributed by atoms with Gasteiger partial charge in [-0.05, 0) is 24.1 Å². The SMILES string of the molecule is CCC(N)C(c1ccc(Br)cc1)N1CC(C)SC(C)C1. The van der Waals surface area contributed by atoms with Gasteiger partial charge in [-0.15, -0.1) is 0 Å². The van der Waals surface area contributed by atoms with Crippen molar-refractivity contribution in [3.05, 3.63) is 34.3 Å². The molecule has 1 aromatic carbocycles. The average molecular weight is 357 g/mol. The molecule has 20 heavy (non-hydrogen) atoms. The minimum Gasteiger partial charge on any atom is -0.326 e. The van der Waals surface area contributed by atoms with Gasteiger partial charge in [0.25, 0.3) is 0 Å². The Balaban J connectivity index is 2.25. The molecule has 112 valence electrons. The van der Waals surface area contributed by atoms with Crippen molar-refractivity contribution in [1.29, 1.82) is 0 Å². The highest BCUT2D eigenvalue weighted by molar-refractivity contribution is 9.10. The molecule has 0 aliphatic carbocycles. The molecule has 4 unspecified atom stereocenters. The predicted molar refractivity (Wildman–Crippen MR) is 93.2 cm³/mol. The van der Waals surface area contributed by atoms with E-state index < -0.39 is 0 Å². The smallest absolute Gasteiger partial charge is 0.0499 e. The van der Waals surface area contributed by atoms with Crippen LogP contribution in [0, 0.1) is 0 Å². The first-order valence-electron chi connectivity index (χ1n) is 7.41. The van der Waals surface area contributed by atoms with Gasteiger partial charge >= 0.3 is 0 Å². The van der Waals surface area contributed by atoms with E-state index in [1.807, 2.05) is 0 Å². The Morgan fingerprint density at radius 3 is 2.30 bits per heavy atom. The second-order valence-electron chi connectivity index (χ2n) is 5.78. The third kappa shape index (κ3) is 4.00. The summed E-state index contributed by atoms with van der Waals surface area (Å²) in [4.78, 5) is 2.59. The molecule has 1 aromatic rings. The average Bonchev–Trinajstić information content (AvgIpc) is 2.40. The lowest BCUT2D eigenvalue weighted by atomic mass is 9.95. The molecule has 0 aromatic heterocycles. The van der Waals surface area contributed by atoms with Crippen LogP contribution in [0.3, 0.4) is 0 Å². The molecule has 0 spiro atoms. The van der Waals surface area contributed by atoms with Gasteiger partial charge in [0, 0.05) is 40.1 Å². The van der Waals surface area contributed by atoms with Gasteiger partial charge in [-0.2, -0.15) is 11.8 Å². The lowest BCUT2D eigenvalue weighted by Crippen LogP contribution is -2.48. The molecular formula is C16H25BrN2S. The van der Waals surface area contributed by atoms with Crippen LogP contribution in [0.4, 0.5) is 0 Å². The molecule has 0 bridgehead atoms. The summed E-state index contributed by atoms with van der Waals surface area (Å²) < 4.78 is 1.13. The minimum absolute atomic E-state index is 0.193. The highest BCUT2D eigenvalue weighted by Crippen LogP contribution is 2.33. The second kappa shape index (κ2) is 7.30. The second-order valence-corrected chi connectivity index (χ2v) is 8.58. The first-order chi connectivity index (χ1) is 9.51. The topological polar surface area (TPSA) is 29.3 Å². The molecule has 0 saturated carbocycles. The van der Waals surface area contributed by atoms with Crippen LogP contribution in [0.25, 0.3) is 0 Å². The number of nitrogens with zero attached hydrogens (tertiary/aromatic N) is 1. The van der Waals surface area contributed by atoms with Crippen molar-refractivity contribution in [2.75, 3.05) is 13.1 Å². The van der Waals surface area contributed by atoms with Crippen molar-refractivity contribution < 1.29 is 0 Å². The fourth-order valence-electron chi connectivity index (χ4n) is 3.06. The van der Waals surface area contributed by atoms with Crippen molar-refractivity contribution in [2.24, 2.45) is 5.73 Å². The van der Waals surface area contributed by atoms with E-state index in [2.05, 4.69) is 77.6 Å².